The molecule has 0 aliphatic carbocycles. The van der Waals surface area contributed by atoms with Gasteiger partial charge in [0, 0.05) is 48.6 Å². The van der Waals surface area contributed by atoms with Crippen molar-refractivity contribution in [3.05, 3.63) is 70.3 Å². The highest BCUT2D eigenvalue weighted by atomic mass is 79.9. The Hall–Kier alpha value is -2.68. The Kier molecular flexibility index (Phi) is 6.35. The molecule has 0 saturated carbocycles. The van der Waals surface area contributed by atoms with Gasteiger partial charge in [-0.1, -0.05) is 28.9 Å². The van der Waals surface area contributed by atoms with Gasteiger partial charge in [-0.2, -0.15) is 18.3 Å². The van der Waals surface area contributed by atoms with Crippen molar-refractivity contribution < 1.29 is 18.0 Å². The third kappa shape index (κ3) is 4.43. The van der Waals surface area contributed by atoms with Gasteiger partial charge >= 0.3 is 6.18 Å². The van der Waals surface area contributed by atoms with E-state index < -0.39 is 11.9 Å². The van der Waals surface area contributed by atoms with Gasteiger partial charge in [-0.15, -0.1) is 0 Å². The van der Waals surface area contributed by atoms with Gasteiger partial charge in [0.1, 0.15) is 0 Å². The average molecular weight is 521 g/mol. The van der Waals surface area contributed by atoms with E-state index in [1.54, 1.807) is 24.5 Å². The molecule has 0 radical (unpaired) electrons. The van der Waals surface area contributed by atoms with Crippen LogP contribution in [0.2, 0.25) is 0 Å². The van der Waals surface area contributed by atoms with Crippen molar-refractivity contribution in [1.82, 2.24) is 19.7 Å². The first kappa shape index (κ1) is 23.5. The number of aromatic nitrogens is 3. The van der Waals surface area contributed by atoms with E-state index in [1.807, 2.05) is 24.8 Å². The van der Waals surface area contributed by atoms with Crippen molar-refractivity contribution in [3.8, 4) is 11.1 Å². The maximum absolute atomic E-state index is 13.7. The average Bonchev–Trinajstić information content (AvgIpc) is 3.17. The molecule has 33 heavy (non-hydrogen) atoms. The summed E-state index contributed by atoms with van der Waals surface area (Å²) in [5, 5.41) is 4.08. The SMILES string of the molecule is CC[C@@H](c1cncc(C)c1)N1CCc2c(cc(CBr)cc2-c2cn(C)nc2C(F)(F)F)C1=O. The highest BCUT2D eigenvalue weighted by Crippen LogP contribution is 2.41. The molecule has 1 aromatic carbocycles. The number of fused-ring (bicyclic) bond motifs is 1. The molecule has 0 spiro atoms. The van der Waals surface area contributed by atoms with Crippen LogP contribution in [0.3, 0.4) is 0 Å². The Morgan fingerprint density at radius 1 is 1.15 bits per heavy atom. The molecule has 174 valence electrons. The number of rotatable bonds is 5. The lowest BCUT2D eigenvalue weighted by atomic mass is 9.87. The standard InChI is InChI=1S/C24H24BrF3N4O/c1-4-21(16-7-14(2)11-29-12-16)32-6-5-17-18(8-15(10-25)9-19(17)23(32)33)20-13-31(3)30-22(20)24(26,27)28/h7-9,11-13,21H,4-6,10H2,1-3H3/t21-/m0/s1. The van der Waals surface area contributed by atoms with E-state index in [4.69, 9.17) is 0 Å². The molecular weight excluding hydrogens is 497 g/mol. The van der Waals surface area contributed by atoms with Crippen molar-refractivity contribution in [1.29, 1.82) is 0 Å². The van der Waals surface area contributed by atoms with Crippen LogP contribution in [0.15, 0.2) is 36.8 Å². The zero-order chi connectivity index (χ0) is 23.9. The number of aryl methyl sites for hydroxylation is 2. The summed E-state index contributed by atoms with van der Waals surface area (Å²) in [6.07, 6.45) is 1.49. The van der Waals surface area contributed by atoms with Crippen LogP contribution >= 0.6 is 15.9 Å². The van der Waals surface area contributed by atoms with Gasteiger partial charge in [0.25, 0.3) is 5.91 Å². The normalized spacial score (nSPS) is 15.0. The third-order valence-electron chi connectivity index (χ3n) is 5.99. The summed E-state index contributed by atoms with van der Waals surface area (Å²) in [5.41, 5.74) is 3.27. The largest absolute Gasteiger partial charge is 0.435 e. The van der Waals surface area contributed by atoms with E-state index in [0.29, 0.717) is 41.4 Å². The molecule has 0 fully saturated rings. The molecule has 0 saturated heterocycles. The molecule has 1 amide bonds. The number of hydrogen-bond acceptors (Lipinski definition) is 3. The summed E-state index contributed by atoms with van der Waals surface area (Å²) in [7, 11) is 1.47. The minimum absolute atomic E-state index is 0.000209. The quantitative estimate of drug-likeness (QED) is 0.396. The molecule has 1 aliphatic heterocycles. The highest BCUT2D eigenvalue weighted by molar-refractivity contribution is 9.08. The summed E-state index contributed by atoms with van der Waals surface area (Å²) in [5.74, 6) is -0.175. The number of halogens is 4. The van der Waals surface area contributed by atoms with Crippen LogP contribution in [0.5, 0.6) is 0 Å². The molecule has 5 nitrogen and oxygen atoms in total. The lowest BCUT2D eigenvalue weighted by molar-refractivity contribution is -0.140. The van der Waals surface area contributed by atoms with Crippen LogP contribution in [-0.2, 0) is 25.0 Å². The number of alkyl halides is 4. The van der Waals surface area contributed by atoms with E-state index in [1.165, 1.54) is 17.9 Å². The van der Waals surface area contributed by atoms with E-state index in [9.17, 15) is 18.0 Å². The van der Waals surface area contributed by atoms with Crippen molar-refractivity contribution >= 4 is 21.8 Å². The zero-order valence-electron chi connectivity index (χ0n) is 18.6. The molecule has 3 aromatic rings. The molecule has 9 heteroatoms. The number of pyridine rings is 1. The van der Waals surface area contributed by atoms with E-state index in [2.05, 4.69) is 26.0 Å². The van der Waals surface area contributed by atoms with Crippen LogP contribution in [0, 0.1) is 6.92 Å². The number of benzene rings is 1. The maximum atomic E-state index is 13.7. The van der Waals surface area contributed by atoms with Crippen LogP contribution in [0.4, 0.5) is 13.2 Å². The van der Waals surface area contributed by atoms with Crippen molar-refractivity contribution in [2.75, 3.05) is 6.54 Å². The topological polar surface area (TPSA) is 51.0 Å². The number of nitrogens with zero attached hydrogens (tertiary/aromatic N) is 4. The number of carbonyl (C=O) groups excluding carboxylic acids is 1. The number of carbonyl (C=O) groups is 1. The summed E-state index contributed by atoms with van der Waals surface area (Å²) >= 11 is 3.40. The second kappa shape index (κ2) is 8.93. The summed E-state index contributed by atoms with van der Waals surface area (Å²) in [6.45, 7) is 4.39. The summed E-state index contributed by atoms with van der Waals surface area (Å²) in [6, 6.07) is 5.38. The Labute approximate surface area is 198 Å². The van der Waals surface area contributed by atoms with Crippen LogP contribution in [0.1, 0.15) is 57.7 Å². The van der Waals surface area contributed by atoms with Gasteiger partial charge in [0.05, 0.1) is 6.04 Å². The molecular formula is C24H24BrF3N4O. The maximum Gasteiger partial charge on any atom is 0.435 e. The van der Waals surface area contributed by atoms with Gasteiger partial charge in [0.15, 0.2) is 5.69 Å². The predicted molar refractivity (Wildman–Crippen MR) is 123 cm³/mol. The minimum Gasteiger partial charge on any atom is -0.331 e. The Bertz CT molecular complexity index is 1200. The van der Waals surface area contributed by atoms with Crippen molar-refractivity contribution in [2.45, 2.75) is 44.2 Å². The number of hydrogen-bond donors (Lipinski definition) is 0. The molecule has 1 atom stereocenters. The molecule has 4 rings (SSSR count). The second-order valence-electron chi connectivity index (χ2n) is 8.33. The zero-order valence-corrected chi connectivity index (χ0v) is 20.2. The van der Waals surface area contributed by atoms with Crippen molar-refractivity contribution in [3.63, 3.8) is 0 Å². The molecule has 1 aliphatic rings. The van der Waals surface area contributed by atoms with Gasteiger partial charge in [-0.25, -0.2) is 0 Å². The van der Waals surface area contributed by atoms with Crippen LogP contribution in [0.25, 0.3) is 11.1 Å². The molecule has 0 unspecified atom stereocenters. The van der Waals surface area contributed by atoms with E-state index in [0.717, 1.165) is 16.7 Å². The summed E-state index contributed by atoms with van der Waals surface area (Å²) in [4.78, 5) is 19.7. The predicted octanol–water partition coefficient (Wildman–Crippen LogP) is 5.85. The van der Waals surface area contributed by atoms with E-state index >= 15 is 0 Å². The Morgan fingerprint density at radius 2 is 1.88 bits per heavy atom. The lowest BCUT2D eigenvalue weighted by Gasteiger charge is -2.36. The van der Waals surface area contributed by atoms with Crippen LogP contribution in [-0.4, -0.2) is 32.1 Å². The van der Waals surface area contributed by atoms with Crippen molar-refractivity contribution in [2.24, 2.45) is 7.05 Å². The fraction of sp³-hybridized carbons (Fsp3) is 0.375. The third-order valence-corrected chi connectivity index (χ3v) is 6.64. The smallest absolute Gasteiger partial charge is 0.331 e. The Balaban J connectivity index is 1.83. The summed E-state index contributed by atoms with van der Waals surface area (Å²) < 4.78 is 42.3. The minimum atomic E-state index is -4.59. The fourth-order valence-electron chi connectivity index (χ4n) is 4.59. The molecule has 0 bridgehead atoms. The second-order valence-corrected chi connectivity index (χ2v) is 8.89. The Morgan fingerprint density at radius 3 is 2.52 bits per heavy atom. The van der Waals surface area contributed by atoms with Gasteiger partial charge in [-0.3, -0.25) is 14.5 Å². The van der Waals surface area contributed by atoms with Gasteiger partial charge < -0.3 is 4.90 Å². The van der Waals surface area contributed by atoms with E-state index in [-0.39, 0.29) is 17.5 Å². The number of amides is 1. The monoisotopic (exact) mass is 520 g/mol. The fourth-order valence-corrected chi connectivity index (χ4v) is 4.91. The molecule has 2 aromatic heterocycles. The highest BCUT2D eigenvalue weighted by Gasteiger charge is 2.39. The van der Waals surface area contributed by atoms with Gasteiger partial charge in [-0.05, 0) is 59.7 Å². The first-order chi connectivity index (χ1) is 15.6. The lowest BCUT2D eigenvalue weighted by Crippen LogP contribution is -2.40. The van der Waals surface area contributed by atoms with Crippen LogP contribution < -0.4 is 0 Å². The molecule has 3 heterocycles. The first-order valence-corrected chi connectivity index (χ1v) is 11.8. The molecule has 0 N–H and O–H groups in total. The van der Waals surface area contributed by atoms with Gasteiger partial charge in [0.2, 0.25) is 0 Å². The first-order valence-electron chi connectivity index (χ1n) is 10.7.